The highest BCUT2D eigenvalue weighted by Crippen LogP contribution is 2.26. The molecule has 0 atom stereocenters. The van der Waals surface area contributed by atoms with Gasteiger partial charge in [-0.25, -0.2) is 17.9 Å². The number of furan rings is 1. The third kappa shape index (κ3) is 4.21. The van der Waals surface area contributed by atoms with Crippen LogP contribution in [0.3, 0.4) is 0 Å². The summed E-state index contributed by atoms with van der Waals surface area (Å²) in [7, 11) is -3.84. The number of nitrogens with one attached hydrogen (secondary N) is 2. The normalized spacial score (nSPS) is 15.4. The molecule has 25 heavy (non-hydrogen) atoms. The van der Waals surface area contributed by atoms with Gasteiger partial charge in [0, 0.05) is 11.7 Å². The number of rotatable bonds is 7. The molecule has 3 N–H and O–H groups in total. The maximum atomic E-state index is 12.4. The summed E-state index contributed by atoms with van der Waals surface area (Å²) >= 11 is 0. The monoisotopic (exact) mass is 364 g/mol. The van der Waals surface area contributed by atoms with Gasteiger partial charge in [-0.05, 0) is 43.2 Å². The van der Waals surface area contributed by atoms with Gasteiger partial charge >= 0.3 is 5.97 Å². The molecule has 1 saturated carbocycles. The first-order valence-corrected chi connectivity index (χ1v) is 9.60. The molecule has 1 heterocycles. The van der Waals surface area contributed by atoms with Crippen molar-refractivity contribution in [1.82, 2.24) is 4.72 Å². The lowest BCUT2D eigenvalue weighted by Gasteiger charge is -2.16. The van der Waals surface area contributed by atoms with E-state index in [1.807, 2.05) is 0 Å². The van der Waals surface area contributed by atoms with E-state index >= 15 is 0 Å². The number of aromatic carboxylic acids is 1. The van der Waals surface area contributed by atoms with Crippen LogP contribution in [0, 0.1) is 0 Å². The van der Waals surface area contributed by atoms with Gasteiger partial charge in [0.25, 0.3) is 0 Å². The van der Waals surface area contributed by atoms with Crippen molar-refractivity contribution < 1.29 is 22.7 Å². The van der Waals surface area contributed by atoms with Crippen LogP contribution in [0.4, 0.5) is 5.69 Å². The van der Waals surface area contributed by atoms with E-state index in [2.05, 4.69) is 10.0 Å². The molecule has 0 aliphatic heterocycles. The number of sulfonamides is 1. The molecule has 0 amide bonds. The molecule has 2 aromatic rings. The molecule has 0 unspecified atom stereocenters. The van der Waals surface area contributed by atoms with Crippen LogP contribution >= 0.6 is 0 Å². The Morgan fingerprint density at radius 2 is 2.00 bits per heavy atom. The average molecular weight is 364 g/mol. The van der Waals surface area contributed by atoms with Crippen LogP contribution in [-0.2, 0) is 16.6 Å². The summed E-state index contributed by atoms with van der Waals surface area (Å²) in [6, 6.07) is 7.66. The number of benzene rings is 1. The first kappa shape index (κ1) is 17.5. The second-order valence-corrected chi connectivity index (χ2v) is 7.81. The Balaban J connectivity index is 1.81. The minimum absolute atomic E-state index is 0.000185. The Morgan fingerprint density at radius 1 is 1.24 bits per heavy atom. The zero-order valence-electron chi connectivity index (χ0n) is 13.6. The zero-order valence-corrected chi connectivity index (χ0v) is 14.4. The number of hydrogen-bond acceptors (Lipinski definition) is 5. The standard InChI is InChI=1S/C17H20N2O5S/c20-17(21)15-10-14(7-8-16(15)19-12-4-1-2-5-12)25(22,23)18-11-13-6-3-9-24-13/h3,6-10,12,18-19H,1-2,4-5,11H2,(H,20,21). The van der Waals surface area contributed by atoms with E-state index < -0.39 is 16.0 Å². The molecule has 3 rings (SSSR count). The highest BCUT2D eigenvalue weighted by molar-refractivity contribution is 7.89. The van der Waals surface area contributed by atoms with Crippen molar-refractivity contribution >= 4 is 21.7 Å². The fourth-order valence-electron chi connectivity index (χ4n) is 2.95. The zero-order chi connectivity index (χ0) is 17.9. The molecule has 1 fully saturated rings. The van der Waals surface area contributed by atoms with E-state index in [0.29, 0.717) is 11.4 Å². The van der Waals surface area contributed by atoms with Gasteiger partial charge in [0.1, 0.15) is 5.76 Å². The van der Waals surface area contributed by atoms with Gasteiger partial charge in [-0.15, -0.1) is 0 Å². The molecule has 1 aromatic carbocycles. The maximum Gasteiger partial charge on any atom is 0.337 e. The fourth-order valence-corrected chi connectivity index (χ4v) is 3.97. The number of carboxylic acid groups (broad SMARTS) is 1. The molecular weight excluding hydrogens is 344 g/mol. The van der Waals surface area contributed by atoms with Crippen molar-refractivity contribution in [3.63, 3.8) is 0 Å². The fraction of sp³-hybridized carbons (Fsp3) is 0.353. The molecule has 7 nitrogen and oxygen atoms in total. The summed E-state index contributed by atoms with van der Waals surface area (Å²) in [6.45, 7) is -0.000185. The van der Waals surface area contributed by atoms with Crippen molar-refractivity contribution in [3.05, 3.63) is 47.9 Å². The van der Waals surface area contributed by atoms with Gasteiger partial charge in [0.15, 0.2) is 0 Å². The first-order chi connectivity index (χ1) is 12.0. The smallest absolute Gasteiger partial charge is 0.337 e. The predicted octanol–water partition coefficient (Wildman–Crippen LogP) is 2.81. The number of hydrogen-bond donors (Lipinski definition) is 3. The molecule has 0 bridgehead atoms. The highest BCUT2D eigenvalue weighted by Gasteiger charge is 2.21. The van der Waals surface area contributed by atoms with Crippen LogP contribution in [0.2, 0.25) is 0 Å². The summed E-state index contributed by atoms with van der Waals surface area (Å²) in [4.78, 5) is 11.5. The molecule has 0 radical (unpaired) electrons. The van der Waals surface area contributed by atoms with Crippen LogP contribution in [0.25, 0.3) is 0 Å². The van der Waals surface area contributed by atoms with E-state index in [0.717, 1.165) is 25.7 Å². The van der Waals surface area contributed by atoms with E-state index in [9.17, 15) is 18.3 Å². The lowest BCUT2D eigenvalue weighted by molar-refractivity contribution is 0.0697. The largest absolute Gasteiger partial charge is 0.478 e. The van der Waals surface area contributed by atoms with Crippen LogP contribution in [0.15, 0.2) is 45.9 Å². The molecule has 134 valence electrons. The highest BCUT2D eigenvalue weighted by atomic mass is 32.2. The summed E-state index contributed by atoms with van der Waals surface area (Å²) in [5.74, 6) is -0.690. The number of carboxylic acids is 1. The quantitative estimate of drug-likeness (QED) is 0.697. The van der Waals surface area contributed by atoms with Crippen molar-refractivity contribution in [2.75, 3.05) is 5.32 Å². The van der Waals surface area contributed by atoms with Crippen molar-refractivity contribution in [2.24, 2.45) is 0 Å². The van der Waals surface area contributed by atoms with Crippen molar-refractivity contribution in [1.29, 1.82) is 0 Å². The van der Waals surface area contributed by atoms with Gasteiger partial charge in [-0.2, -0.15) is 0 Å². The Morgan fingerprint density at radius 3 is 2.64 bits per heavy atom. The number of carbonyl (C=O) groups is 1. The molecule has 1 aliphatic carbocycles. The van der Waals surface area contributed by atoms with Gasteiger partial charge in [0.2, 0.25) is 10.0 Å². The van der Waals surface area contributed by atoms with Gasteiger partial charge in [-0.3, -0.25) is 0 Å². The topological polar surface area (TPSA) is 109 Å². The summed E-state index contributed by atoms with van der Waals surface area (Å²) in [5.41, 5.74) is 0.400. The molecule has 1 aromatic heterocycles. The Labute approximate surface area is 146 Å². The van der Waals surface area contributed by atoms with Gasteiger partial charge in [0.05, 0.1) is 23.3 Å². The third-order valence-electron chi connectivity index (χ3n) is 4.26. The van der Waals surface area contributed by atoms with E-state index in [1.165, 1.54) is 24.5 Å². The van der Waals surface area contributed by atoms with Crippen LogP contribution in [0.5, 0.6) is 0 Å². The lowest BCUT2D eigenvalue weighted by atomic mass is 10.1. The second-order valence-electron chi connectivity index (χ2n) is 6.04. The predicted molar refractivity (Wildman–Crippen MR) is 92.0 cm³/mol. The molecule has 1 aliphatic rings. The van der Waals surface area contributed by atoms with Crippen molar-refractivity contribution in [3.8, 4) is 0 Å². The molecule has 0 spiro atoms. The average Bonchev–Trinajstić information content (AvgIpc) is 3.26. The SMILES string of the molecule is O=C(O)c1cc(S(=O)(=O)NCc2ccco2)ccc1NC1CCCC1. The van der Waals surface area contributed by atoms with E-state index in [-0.39, 0.29) is 23.0 Å². The molecular formula is C17H20N2O5S. The summed E-state index contributed by atoms with van der Waals surface area (Å²) in [6.07, 6.45) is 5.66. The second kappa shape index (κ2) is 7.28. The van der Waals surface area contributed by atoms with Gasteiger partial charge < -0.3 is 14.8 Å². The minimum Gasteiger partial charge on any atom is -0.478 e. The lowest BCUT2D eigenvalue weighted by Crippen LogP contribution is -2.24. The molecule has 0 saturated heterocycles. The Kier molecular flexibility index (Phi) is 5.10. The summed E-state index contributed by atoms with van der Waals surface area (Å²) < 4.78 is 32.3. The van der Waals surface area contributed by atoms with Crippen LogP contribution in [-0.4, -0.2) is 25.5 Å². The van der Waals surface area contributed by atoms with E-state index in [1.54, 1.807) is 12.1 Å². The maximum absolute atomic E-state index is 12.4. The van der Waals surface area contributed by atoms with Gasteiger partial charge in [-0.1, -0.05) is 12.8 Å². The number of anilines is 1. The van der Waals surface area contributed by atoms with Crippen molar-refractivity contribution in [2.45, 2.75) is 43.2 Å². The van der Waals surface area contributed by atoms with Crippen LogP contribution in [0.1, 0.15) is 41.8 Å². The van der Waals surface area contributed by atoms with Crippen LogP contribution < -0.4 is 10.0 Å². The molecule has 8 heteroatoms. The first-order valence-electron chi connectivity index (χ1n) is 8.11. The summed E-state index contributed by atoms with van der Waals surface area (Å²) in [5, 5.41) is 12.7. The minimum atomic E-state index is -3.84. The Bertz CT molecular complexity index is 840. The van der Waals surface area contributed by atoms with E-state index in [4.69, 9.17) is 4.42 Å². The Hall–Kier alpha value is -2.32. The third-order valence-corrected chi connectivity index (χ3v) is 5.66.